The van der Waals surface area contributed by atoms with Crippen molar-refractivity contribution in [2.75, 3.05) is 6.54 Å². The van der Waals surface area contributed by atoms with E-state index < -0.39 is 0 Å². The molecule has 1 aliphatic heterocycles. The maximum atomic E-state index is 12.6. The predicted octanol–water partition coefficient (Wildman–Crippen LogP) is 2.34. The Kier molecular flexibility index (Phi) is 2.85. The minimum atomic E-state index is 0.130. The molecule has 0 saturated heterocycles. The minimum absolute atomic E-state index is 0.130. The Bertz CT molecular complexity index is 771. The molecular weight excluding hydrogens is 284 g/mol. The average Bonchev–Trinajstić information content (AvgIpc) is 3.13. The van der Waals surface area contributed by atoms with Crippen LogP contribution >= 0.6 is 11.3 Å². The van der Waals surface area contributed by atoms with Gasteiger partial charge in [0.2, 0.25) is 5.91 Å². The van der Waals surface area contributed by atoms with Crippen LogP contribution < -0.4 is 0 Å². The van der Waals surface area contributed by atoms with Crippen LogP contribution in [0.2, 0.25) is 0 Å². The molecular formula is C15H16N4OS. The monoisotopic (exact) mass is 300 g/mol. The number of carbonyl (C=O) groups is 1. The lowest BCUT2D eigenvalue weighted by molar-refractivity contribution is -0.133. The fourth-order valence-corrected chi connectivity index (χ4v) is 3.76. The van der Waals surface area contributed by atoms with Crippen LogP contribution in [0.25, 0.3) is 4.96 Å². The third kappa shape index (κ3) is 2.06. The van der Waals surface area contributed by atoms with Crippen molar-refractivity contribution in [3.05, 3.63) is 47.5 Å². The van der Waals surface area contributed by atoms with E-state index >= 15 is 0 Å². The molecule has 0 saturated carbocycles. The zero-order chi connectivity index (χ0) is 14.4. The highest BCUT2D eigenvalue weighted by Crippen LogP contribution is 2.26. The summed E-state index contributed by atoms with van der Waals surface area (Å²) < 4.78 is 4.19. The Morgan fingerprint density at radius 3 is 3.19 bits per heavy atom. The van der Waals surface area contributed by atoms with Crippen molar-refractivity contribution in [3.63, 3.8) is 0 Å². The third-order valence-electron chi connectivity index (χ3n) is 4.14. The van der Waals surface area contributed by atoms with E-state index in [2.05, 4.69) is 28.7 Å². The largest absolute Gasteiger partial charge is 0.348 e. The molecule has 1 amide bonds. The Hall–Kier alpha value is -2.08. The first-order chi connectivity index (χ1) is 10.2. The number of carbonyl (C=O) groups excluding carboxylic acids is 1. The van der Waals surface area contributed by atoms with E-state index in [1.54, 1.807) is 11.3 Å². The van der Waals surface area contributed by atoms with Gasteiger partial charge in [0, 0.05) is 42.8 Å². The summed E-state index contributed by atoms with van der Waals surface area (Å²) in [5, 5.41) is 1.99. The molecule has 5 nitrogen and oxygen atoms in total. The lowest BCUT2D eigenvalue weighted by Gasteiger charge is -2.34. The normalized spacial score (nSPS) is 18.1. The molecule has 3 aromatic rings. The van der Waals surface area contributed by atoms with Crippen LogP contribution in [0.4, 0.5) is 0 Å². The first-order valence-corrected chi connectivity index (χ1v) is 7.96. The topological polar surface area (TPSA) is 42.5 Å². The van der Waals surface area contributed by atoms with Gasteiger partial charge >= 0.3 is 0 Å². The van der Waals surface area contributed by atoms with Crippen LogP contribution in [-0.2, 0) is 17.8 Å². The number of rotatable bonds is 2. The fraction of sp³-hybridized carbons (Fsp3) is 0.333. The molecule has 0 unspecified atom stereocenters. The standard InChI is InChI=1S/C15H16N4OS/c1-11-13-3-2-4-17(13)5-6-19(11)14(20)9-12-10-18-7-8-21-15(18)16-12/h2-4,7-8,10-11H,5-6,9H2,1H3/t11-/m0/s1. The fourth-order valence-electron chi connectivity index (χ4n) is 3.04. The number of fused-ring (bicyclic) bond motifs is 2. The van der Waals surface area contributed by atoms with Crippen molar-refractivity contribution in [1.82, 2.24) is 18.9 Å². The molecule has 1 aliphatic rings. The second kappa shape index (κ2) is 4.73. The summed E-state index contributed by atoms with van der Waals surface area (Å²) >= 11 is 1.59. The van der Waals surface area contributed by atoms with Gasteiger partial charge in [-0.1, -0.05) is 0 Å². The summed E-state index contributed by atoms with van der Waals surface area (Å²) in [6.45, 7) is 3.73. The van der Waals surface area contributed by atoms with Gasteiger partial charge < -0.3 is 9.47 Å². The number of thiazole rings is 1. The van der Waals surface area contributed by atoms with Crippen molar-refractivity contribution in [2.24, 2.45) is 0 Å². The zero-order valence-electron chi connectivity index (χ0n) is 11.8. The second-order valence-corrected chi connectivity index (χ2v) is 6.26. The van der Waals surface area contributed by atoms with E-state index in [0.717, 1.165) is 23.7 Å². The van der Waals surface area contributed by atoms with Gasteiger partial charge in [0.15, 0.2) is 4.96 Å². The molecule has 1 atom stereocenters. The Labute approximate surface area is 126 Å². The summed E-state index contributed by atoms with van der Waals surface area (Å²) in [6.07, 6.45) is 6.37. The maximum absolute atomic E-state index is 12.6. The molecule has 0 aromatic carbocycles. The maximum Gasteiger partial charge on any atom is 0.229 e. The van der Waals surface area contributed by atoms with E-state index in [0.29, 0.717) is 6.42 Å². The summed E-state index contributed by atoms with van der Waals surface area (Å²) in [4.78, 5) is 20.0. The highest BCUT2D eigenvalue weighted by atomic mass is 32.1. The molecule has 0 aliphatic carbocycles. The van der Waals surface area contributed by atoms with Crippen molar-refractivity contribution in [1.29, 1.82) is 0 Å². The molecule has 0 bridgehead atoms. The van der Waals surface area contributed by atoms with Crippen LogP contribution in [-0.4, -0.2) is 31.3 Å². The number of imidazole rings is 1. The Balaban J connectivity index is 1.54. The van der Waals surface area contributed by atoms with Crippen LogP contribution in [0.5, 0.6) is 0 Å². The summed E-state index contributed by atoms with van der Waals surface area (Å²) in [5.74, 6) is 0.153. The van der Waals surface area contributed by atoms with Crippen molar-refractivity contribution < 1.29 is 4.79 Å². The molecule has 4 rings (SSSR count). The molecule has 3 aromatic heterocycles. The minimum Gasteiger partial charge on any atom is -0.348 e. The molecule has 108 valence electrons. The van der Waals surface area contributed by atoms with Gasteiger partial charge in [0.1, 0.15) is 0 Å². The molecule has 6 heteroatoms. The van der Waals surface area contributed by atoms with E-state index in [9.17, 15) is 4.79 Å². The summed E-state index contributed by atoms with van der Waals surface area (Å²) in [6, 6.07) is 4.27. The van der Waals surface area contributed by atoms with Crippen molar-refractivity contribution >= 4 is 22.2 Å². The summed E-state index contributed by atoms with van der Waals surface area (Å²) in [7, 11) is 0. The first kappa shape index (κ1) is 12.6. The predicted molar refractivity (Wildman–Crippen MR) is 81.3 cm³/mol. The Morgan fingerprint density at radius 2 is 2.33 bits per heavy atom. The summed E-state index contributed by atoms with van der Waals surface area (Å²) in [5.41, 5.74) is 2.06. The van der Waals surface area contributed by atoms with Gasteiger partial charge in [-0.15, -0.1) is 11.3 Å². The number of nitrogens with zero attached hydrogens (tertiary/aromatic N) is 4. The number of amides is 1. The molecule has 0 fully saturated rings. The van der Waals surface area contributed by atoms with Crippen LogP contribution in [0.3, 0.4) is 0 Å². The van der Waals surface area contributed by atoms with Crippen LogP contribution in [0.1, 0.15) is 24.4 Å². The molecule has 4 heterocycles. The second-order valence-electron chi connectivity index (χ2n) is 5.39. The number of aromatic nitrogens is 3. The van der Waals surface area contributed by atoms with Gasteiger partial charge in [-0.3, -0.25) is 9.20 Å². The lowest BCUT2D eigenvalue weighted by Crippen LogP contribution is -2.41. The quantitative estimate of drug-likeness (QED) is 0.729. The van der Waals surface area contributed by atoms with E-state index in [4.69, 9.17) is 0 Å². The van der Waals surface area contributed by atoms with E-state index in [-0.39, 0.29) is 11.9 Å². The van der Waals surface area contributed by atoms with Crippen molar-refractivity contribution in [3.8, 4) is 0 Å². The van der Waals surface area contributed by atoms with Crippen LogP contribution in [0, 0.1) is 0 Å². The molecule has 21 heavy (non-hydrogen) atoms. The first-order valence-electron chi connectivity index (χ1n) is 7.08. The average molecular weight is 300 g/mol. The van der Waals surface area contributed by atoms with Gasteiger partial charge in [-0.25, -0.2) is 4.98 Å². The highest BCUT2D eigenvalue weighted by Gasteiger charge is 2.27. The molecule has 0 N–H and O–H groups in total. The van der Waals surface area contributed by atoms with Gasteiger partial charge in [-0.05, 0) is 19.1 Å². The van der Waals surface area contributed by atoms with Gasteiger partial charge in [-0.2, -0.15) is 0 Å². The zero-order valence-corrected chi connectivity index (χ0v) is 12.6. The SMILES string of the molecule is C[C@H]1c2cccn2CCN1C(=O)Cc1cn2ccsc2n1. The highest BCUT2D eigenvalue weighted by molar-refractivity contribution is 7.15. The van der Waals surface area contributed by atoms with Crippen molar-refractivity contribution in [2.45, 2.75) is 25.9 Å². The smallest absolute Gasteiger partial charge is 0.229 e. The van der Waals surface area contributed by atoms with Crippen LogP contribution in [0.15, 0.2) is 36.1 Å². The molecule has 0 spiro atoms. The lowest BCUT2D eigenvalue weighted by atomic mass is 10.1. The number of hydrogen-bond donors (Lipinski definition) is 0. The Morgan fingerprint density at radius 1 is 1.43 bits per heavy atom. The number of hydrogen-bond acceptors (Lipinski definition) is 3. The van der Waals surface area contributed by atoms with Gasteiger partial charge in [0.25, 0.3) is 0 Å². The van der Waals surface area contributed by atoms with Gasteiger partial charge in [0.05, 0.1) is 18.2 Å². The van der Waals surface area contributed by atoms with E-state index in [1.165, 1.54) is 5.69 Å². The molecule has 0 radical (unpaired) electrons. The van der Waals surface area contributed by atoms with E-state index in [1.807, 2.05) is 33.1 Å². The third-order valence-corrected chi connectivity index (χ3v) is 4.91.